The van der Waals surface area contributed by atoms with Gasteiger partial charge in [0.25, 0.3) is 5.91 Å². The van der Waals surface area contributed by atoms with Crippen molar-refractivity contribution in [1.29, 1.82) is 0 Å². The topological polar surface area (TPSA) is 71.0 Å². The van der Waals surface area contributed by atoms with Gasteiger partial charge in [0, 0.05) is 12.1 Å². The monoisotopic (exact) mass is 306 g/mol. The quantitative estimate of drug-likeness (QED) is 0.820. The molecule has 0 saturated carbocycles. The molecule has 0 unspecified atom stereocenters. The molecular weight excluding hydrogens is 284 g/mol. The fourth-order valence-corrected chi connectivity index (χ4v) is 3.03. The Morgan fingerprint density at radius 2 is 2.09 bits per heavy atom. The van der Waals surface area contributed by atoms with E-state index in [9.17, 15) is 9.90 Å². The first kappa shape index (κ1) is 15.4. The molecule has 1 amide bonds. The molecular formula is C16H22N2O4. The first-order valence-corrected chi connectivity index (χ1v) is 7.50. The number of amides is 1. The van der Waals surface area contributed by atoms with Crippen molar-refractivity contribution in [2.24, 2.45) is 0 Å². The van der Waals surface area contributed by atoms with Gasteiger partial charge in [0.15, 0.2) is 0 Å². The Kier molecular flexibility index (Phi) is 4.44. The van der Waals surface area contributed by atoms with Crippen LogP contribution in [0.3, 0.4) is 0 Å². The lowest BCUT2D eigenvalue weighted by molar-refractivity contribution is 0.0178. The maximum absolute atomic E-state index is 12.4. The van der Waals surface area contributed by atoms with Crippen LogP contribution in [0, 0.1) is 0 Å². The zero-order valence-corrected chi connectivity index (χ0v) is 12.9. The fraction of sp³-hybridized carbons (Fsp3) is 0.562. The highest BCUT2D eigenvalue weighted by molar-refractivity contribution is 5.94. The second kappa shape index (κ2) is 6.34. The van der Waals surface area contributed by atoms with Crippen molar-refractivity contribution in [1.82, 2.24) is 10.2 Å². The number of carbonyl (C=O) groups is 1. The van der Waals surface area contributed by atoms with Crippen molar-refractivity contribution in [2.75, 3.05) is 27.3 Å². The van der Waals surface area contributed by atoms with Crippen LogP contribution in [-0.4, -0.2) is 67.6 Å². The van der Waals surface area contributed by atoms with Gasteiger partial charge in [-0.3, -0.25) is 4.79 Å². The van der Waals surface area contributed by atoms with E-state index in [-0.39, 0.29) is 30.8 Å². The minimum Gasteiger partial charge on any atom is -0.388 e. The maximum atomic E-state index is 12.4. The minimum absolute atomic E-state index is 0.139. The van der Waals surface area contributed by atoms with Crippen LogP contribution in [0.5, 0.6) is 0 Å². The van der Waals surface area contributed by atoms with E-state index in [2.05, 4.69) is 10.2 Å². The summed E-state index contributed by atoms with van der Waals surface area (Å²) in [5, 5.41) is 12.7. The normalized spacial score (nSPS) is 30.5. The van der Waals surface area contributed by atoms with Gasteiger partial charge < -0.3 is 24.8 Å². The van der Waals surface area contributed by atoms with E-state index < -0.39 is 6.10 Å². The van der Waals surface area contributed by atoms with Gasteiger partial charge in [-0.05, 0) is 31.8 Å². The number of aliphatic hydroxyl groups is 1. The van der Waals surface area contributed by atoms with Crippen molar-refractivity contribution in [3.05, 3.63) is 35.4 Å². The summed E-state index contributed by atoms with van der Waals surface area (Å²) in [4.78, 5) is 14.5. The van der Waals surface area contributed by atoms with Crippen molar-refractivity contribution in [2.45, 2.75) is 30.9 Å². The molecule has 120 valence electrons. The Bertz CT molecular complexity index is 549. The summed E-state index contributed by atoms with van der Waals surface area (Å²) >= 11 is 0. The van der Waals surface area contributed by atoms with Crippen molar-refractivity contribution >= 4 is 5.91 Å². The predicted octanol–water partition coefficient (Wildman–Crippen LogP) is 0.00510. The van der Waals surface area contributed by atoms with E-state index in [1.165, 1.54) is 0 Å². The number of benzene rings is 1. The molecule has 6 heteroatoms. The van der Waals surface area contributed by atoms with Crippen LogP contribution in [0.1, 0.15) is 15.9 Å². The zero-order chi connectivity index (χ0) is 15.7. The number of fused-ring (bicyclic) bond motifs is 1. The third kappa shape index (κ3) is 3.15. The highest BCUT2D eigenvalue weighted by Crippen LogP contribution is 2.27. The van der Waals surface area contributed by atoms with Gasteiger partial charge in [0.1, 0.15) is 18.3 Å². The van der Waals surface area contributed by atoms with E-state index in [0.29, 0.717) is 12.2 Å². The van der Waals surface area contributed by atoms with Gasteiger partial charge >= 0.3 is 0 Å². The van der Waals surface area contributed by atoms with Crippen LogP contribution in [0.2, 0.25) is 0 Å². The maximum Gasteiger partial charge on any atom is 0.251 e. The predicted molar refractivity (Wildman–Crippen MR) is 80.6 cm³/mol. The zero-order valence-electron chi connectivity index (χ0n) is 12.9. The first-order chi connectivity index (χ1) is 10.5. The summed E-state index contributed by atoms with van der Waals surface area (Å²) < 4.78 is 11.0. The molecule has 2 heterocycles. The second-order valence-corrected chi connectivity index (χ2v) is 6.18. The molecule has 3 rings (SSSR count). The molecule has 1 aromatic rings. The third-order valence-corrected chi connectivity index (χ3v) is 4.03. The number of rotatable bonds is 4. The molecule has 0 radical (unpaired) electrons. The van der Waals surface area contributed by atoms with E-state index in [1.807, 2.05) is 32.3 Å². The number of carbonyl (C=O) groups excluding carboxylic acids is 1. The smallest absolute Gasteiger partial charge is 0.251 e. The summed E-state index contributed by atoms with van der Waals surface area (Å²) in [7, 11) is 3.98. The van der Waals surface area contributed by atoms with E-state index in [0.717, 1.165) is 12.1 Å². The molecule has 6 nitrogen and oxygen atoms in total. The van der Waals surface area contributed by atoms with Gasteiger partial charge in [0.2, 0.25) is 0 Å². The molecule has 2 saturated heterocycles. The number of hydrogen-bond acceptors (Lipinski definition) is 5. The lowest BCUT2D eigenvalue weighted by Crippen LogP contribution is -2.44. The molecule has 0 aliphatic carbocycles. The third-order valence-electron chi connectivity index (χ3n) is 4.03. The molecule has 2 N–H and O–H groups in total. The van der Waals surface area contributed by atoms with Crippen LogP contribution < -0.4 is 5.32 Å². The summed E-state index contributed by atoms with van der Waals surface area (Å²) in [6, 6.07) is 7.37. The Morgan fingerprint density at radius 1 is 1.32 bits per heavy atom. The van der Waals surface area contributed by atoms with Crippen molar-refractivity contribution in [3.8, 4) is 0 Å². The van der Waals surface area contributed by atoms with Crippen LogP contribution in [0.4, 0.5) is 0 Å². The minimum atomic E-state index is -0.602. The largest absolute Gasteiger partial charge is 0.388 e. The SMILES string of the molecule is CN(C)Cc1cccc(C(=O)N[C@@H]2CO[C@H]3[C@@H]2OC[C@H]3O)c1. The van der Waals surface area contributed by atoms with Gasteiger partial charge in [-0.25, -0.2) is 0 Å². The van der Waals surface area contributed by atoms with Crippen LogP contribution in [0.25, 0.3) is 0 Å². The average Bonchev–Trinajstić information content (AvgIpc) is 3.03. The summed E-state index contributed by atoms with van der Waals surface area (Å²) in [6.45, 7) is 1.42. The van der Waals surface area contributed by atoms with E-state index in [4.69, 9.17) is 9.47 Å². The lowest BCUT2D eigenvalue weighted by atomic mass is 10.1. The summed E-state index contributed by atoms with van der Waals surface area (Å²) in [5.41, 5.74) is 1.71. The average molecular weight is 306 g/mol. The Balaban J connectivity index is 1.65. The fourth-order valence-electron chi connectivity index (χ4n) is 3.03. The molecule has 4 atom stereocenters. The standard InChI is InChI=1S/C16H22N2O4/c1-18(2)7-10-4-3-5-11(6-10)16(20)17-12-8-21-15-13(19)9-22-14(12)15/h3-6,12-15,19H,7-9H2,1-2H3,(H,17,20)/t12-,13-,14-,15-/m1/s1. The number of nitrogens with zero attached hydrogens (tertiary/aromatic N) is 1. The van der Waals surface area contributed by atoms with E-state index in [1.54, 1.807) is 6.07 Å². The van der Waals surface area contributed by atoms with Gasteiger partial charge in [0.05, 0.1) is 19.3 Å². The molecule has 0 aromatic heterocycles. The van der Waals surface area contributed by atoms with Crippen LogP contribution in [0.15, 0.2) is 24.3 Å². The highest BCUT2D eigenvalue weighted by Gasteiger charge is 2.47. The molecule has 2 aliphatic rings. The number of ether oxygens (including phenoxy) is 2. The van der Waals surface area contributed by atoms with Crippen molar-refractivity contribution < 1.29 is 19.4 Å². The van der Waals surface area contributed by atoms with Gasteiger partial charge in [-0.2, -0.15) is 0 Å². The lowest BCUT2D eigenvalue weighted by Gasteiger charge is -2.18. The Hall–Kier alpha value is -1.47. The Labute approximate surface area is 130 Å². The molecule has 0 bridgehead atoms. The number of aliphatic hydroxyl groups excluding tert-OH is 1. The molecule has 1 aromatic carbocycles. The van der Waals surface area contributed by atoms with Crippen molar-refractivity contribution in [3.63, 3.8) is 0 Å². The summed E-state index contributed by atoms with van der Waals surface area (Å²) in [5.74, 6) is -0.139. The van der Waals surface area contributed by atoms with Gasteiger partial charge in [-0.1, -0.05) is 12.1 Å². The van der Waals surface area contributed by atoms with Crippen LogP contribution in [-0.2, 0) is 16.0 Å². The number of hydrogen-bond donors (Lipinski definition) is 2. The molecule has 0 spiro atoms. The van der Waals surface area contributed by atoms with E-state index >= 15 is 0 Å². The van der Waals surface area contributed by atoms with Gasteiger partial charge in [-0.15, -0.1) is 0 Å². The molecule has 2 fully saturated rings. The second-order valence-electron chi connectivity index (χ2n) is 6.18. The number of nitrogens with one attached hydrogen (secondary N) is 1. The highest BCUT2D eigenvalue weighted by atomic mass is 16.6. The Morgan fingerprint density at radius 3 is 2.86 bits per heavy atom. The molecule has 2 aliphatic heterocycles. The van der Waals surface area contributed by atoms with Crippen LogP contribution >= 0.6 is 0 Å². The summed E-state index contributed by atoms with van der Waals surface area (Å²) in [6.07, 6.45) is -1.19. The first-order valence-electron chi connectivity index (χ1n) is 7.50. The molecule has 22 heavy (non-hydrogen) atoms.